The lowest BCUT2D eigenvalue weighted by molar-refractivity contribution is -0.139. The average Bonchev–Trinajstić information content (AvgIpc) is 3.18. The highest BCUT2D eigenvalue weighted by Crippen LogP contribution is 2.39. The maximum Gasteiger partial charge on any atom is 0.333 e. The minimum absolute atomic E-state index is 0.0895. The number of esters is 2. The molecule has 9 heteroatoms. The molecule has 3 aromatic carbocycles. The van der Waals surface area contributed by atoms with Gasteiger partial charge in [0, 0.05) is 16.6 Å². The van der Waals surface area contributed by atoms with Gasteiger partial charge in [-0.2, -0.15) is 0 Å². The van der Waals surface area contributed by atoms with Gasteiger partial charge in [-0.3, -0.25) is 0 Å². The lowest BCUT2D eigenvalue weighted by Crippen LogP contribution is -2.31. The van der Waals surface area contributed by atoms with E-state index in [9.17, 15) is 19.8 Å². The van der Waals surface area contributed by atoms with Gasteiger partial charge in [0.05, 0.1) is 38.6 Å². The first-order valence-corrected chi connectivity index (χ1v) is 20.1. The molecule has 0 heterocycles. The van der Waals surface area contributed by atoms with Crippen molar-refractivity contribution in [1.82, 2.24) is 0 Å². The largest absolute Gasteiger partial charge is 0.493 e. The Morgan fingerprint density at radius 3 is 1.73 bits per heavy atom. The third-order valence-corrected chi connectivity index (χ3v) is 11.0. The van der Waals surface area contributed by atoms with Crippen LogP contribution in [0.4, 0.5) is 8.78 Å². The first-order chi connectivity index (χ1) is 26.8. The normalized spacial score (nSPS) is 15.6. The molecule has 0 aromatic heterocycles. The van der Waals surface area contributed by atoms with Gasteiger partial charge in [-0.25, -0.2) is 18.4 Å². The summed E-state index contributed by atoms with van der Waals surface area (Å²) in [5.41, 5.74) is 3.67. The zero-order chi connectivity index (χ0) is 40.8. The topological polar surface area (TPSA) is 102 Å². The van der Waals surface area contributed by atoms with E-state index in [-0.39, 0.29) is 49.7 Å². The third kappa shape index (κ3) is 12.1. The van der Waals surface area contributed by atoms with Crippen molar-refractivity contribution in [3.8, 4) is 28.0 Å². The van der Waals surface area contributed by atoms with Crippen LogP contribution >= 0.6 is 0 Å². The van der Waals surface area contributed by atoms with Crippen LogP contribution in [0.5, 0.6) is 5.75 Å². The third-order valence-electron chi connectivity index (χ3n) is 11.0. The van der Waals surface area contributed by atoms with Crippen molar-refractivity contribution >= 4 is 11.9 Å². The number of hydrogen-bond donors (Lipinski definition) is 2. The second-order valence-corrected chi connectivity index (χ2v) is 15.7. The molecule has 0 spiro atoms. The van der Waals surface area contributed by atoms with Crippen LogP contribution in [0.1, 0.15) is 108 Å². The summed E-state index contributed by atoms with van der Waals surface area (Å²) < 4.78 is 49.6. The number of carbonyl (C=O) groups is 2. The summed E-state index contributed by atoms with van der Waals surface area (Å²) in [6.45, 7) is 14.6. The van der Waals surface area contributed by atoms with E-state index in [2.05, 4.69) is 32.2 Å². The lowest BCUT2D eigenvalue weighted by atomic mass is 9.79. The van der Waals surface area contributed by atoms with Crippen molar-refractivity contribution in [1.29, 1.82) is 0 Å². The van der Waals surface area contributed by atoms with Crippen molar-refractivity contribution in [2.75, 3.05) is 33.0 Å². The van der Waals surface area contributed by atoms with Crippen LogP contribution in [0.15, 0.2) is 72.8 Å². The molecule has 304 valence electrons. The molecule has 2 N–H and O–H groups in total. The van der Waals surface area contributed by atoms with Crippen LogP contribution in [0.3, 0.4) is 0 Å². The zero-order valence-corrected chi connectivity index (χ0v) is 33.7. The fraction of sp³-hybridized carbons (Fsp3) is 0.489. The monoisotopic (exact) mass is 774 g/mol. The first-order valence-electron chi connectivity index (χ1n) is 20.1. The molecule has 0 bridgehead atoms. The fourth-order valence-corrected chi connectivity index (χ4v) is 7.50. The van der Waals surface area contributed by atoms with Gasteiger partial charge in [-0.05, 0) is 135 Å². The van der Waals surface area contributed by atoms with Crippen LogP contribution in [0.25, 0.3) is 22.3 Å². The Labute approximate surface area is 331 Å². The maximum absolute atomic E-state index is 16.2. The van der Waals surface area contributed by atoms with Gasteiger partial charge in [0.1, 0.15) is 17.4 Å². The molecule has 1 aliphatic carbocycles. The summed E-state index contributed by atoms with van der Waals surface area (Å²) in [7, 11) is 0. The van der Waals surface area contributed by atoms with Gasteiger partial charge < -0.3 is 24.4 Å². The van der Waals surface area contributed by atoms with Crippen molar-refractivity contribution < 1.29 is 42.8 Å². The smallest absolute Gasteiger partial charge is 0.333 e. The molecular weight excluding hydrogens is 715 g/mol. The Morgan fingerprint density at radius 1 is 0.750 bits per heavy atom. The summed E-state index contributed by atoms with van der Waals surface area (Å²) in [6, 6.07) is 14.2. The lowest BCUT2D eigenvalue weighted by Gasteiger charge is -2.30. The SMILES string of the molecule is C=C(C)C(=O)OCCCc1cc(-c2c(F)cc(-c3ccc(C4CCC(C)CC4)cc3)cc2F)cc(CCCOC(=O)C(=C)C)c1OCCC(CO)(CO)CCC. The van der Waals surface area contributed by atoms with Gasteiger partial charge in [0.25, 0.3) is 0 Å². The number of aliphatic hydroxyl groups is 2. The van der Waals surface area contributed by atoms with E-state index in [1.807, 2.05) is 19.1 Å². The average molecular weight is 775 g/mol. The molecule has 0 saturated heterocycles. The molecule has 0 radical (unpaired) electrons. The summed E-state index contributed by atoms with van der Waals surface area (Å²) in [4.78, 5) is 24.2. The Balaban J connectivity index is 1.71. The molecule has 1 aliphatic rings. The van der Waals surface area contributed by atoms with Crippen LogP contribution in [0, 0.1) is 23.0 Å². The van der Waals surface area contributed by atoms with E-state index in [1.54, 1.807) is 26.0 Å². The van der Waals surface area contributed by atoms with Crippen molar-refractivity contribution in [2.45, 2.75) is 104 Å². The predicted molar refractivity (Wildman–Crippen MR) is 217 cm³/mol. The van der Waals surface area contributed by atoms with Crippen LogP contribution in [0.2, 0.25) is 0 Å². The quantitative estimate of drug-likeness (QED) is 0.0631. The van der Waals surface area contributed by atoms with E-state index in [0.29, 0.717) is 72.4 Å². The summed E-state index contributed by atoms with van der Waals surface area (Å²) in [6.07, 6.45) is 7.91. The van der Waals surface area contributed by atoms with E-state index in [0.717, 1.165) is 30.7 Å². The number of rotatable bonds is 21. The number of ether oxygens (including phenoxy) is 3. The summed E-state index contributed by atoms with van der Waals surface area (Å²) >= 11 is 0. The van der Waals surface area contributed by atoms with Crippen molar-refractivity contribution in [2.24, 2.45) is 11.3 Å². The van der Waals surface area contributed by atoms with Crippen LogP contribution in [-0.4, -0.2) is 55.2 Å². The van der Waals surface area contributed by atoms with E-state index < -0.39 is 29.0 Å². The van der Waals surface area contributed by atoms with Gasteiger partial charge >= 0.3 is 11.9 Å². The second-order valence-electron chi connectivity index (χ2n) is 15.7. The highest BCUT2D eigenvalue weighted by molar-refractivity contribution is 5.87. The Bertz CT molecular complexity index is 1730. The molecule has 0 aliphatic heterocycles. The van der Waals surface area contributed by atoms with Gasteiger partial charge in [0.2, 0.25) is 0 Å². The number of halogens is 2. The van der Waals surface area contributed by atoms with Gasteiger partial charge in [-0.1, -0.05) is 70.5 Å². The number of aliphatic hydroxyl groups excluding tert-OH is 2. The van der Waals surface area contributed by atoms with E-state index in [1.165, 1.54) is 30.5 Å². The molecular formula is C47H60F2O7. The number of carbonyl (C=O) groups excluding carboxylic acids is 2. The van der Waals surface area contributed by atoms with Crippen molar-refractivity contribution in [3.63, 3.8) is 0 Å². The van der Waals surface area contributed by atoms with E-state index in [4.69, 9.17) is 14.2 Å². The molecule has 0 atom stereocenters. The van der Waals surface area contributed by atoms with Gasteiger partial charge in [0.15, 0.2) is 0 Å². The molecule has 3 aromatic rings. The second kappa shape index (κ2) is 21.3. The Morgan fingerprint density at radius 2 is 1.27 bits per heavy atom. The molecule has 0 amide bonds. The Hall–Kier alpha value is -4.34. The van der Waals surface area contributed by atoms with Crippen LogP contribution in [-0.2, 0) is 31.9 Å². The predicted octanol–water partition coefficient (Wildman–Crippen LogP) is 10.2. The molecule has 7 nitrogen and oxygen atoms in total. The molecule has 1 fully saturated rings. The number of benzene rings is 3. The maximum atomic E-state index is 16.2. The molecule has 1 saturated carbocycles. The Kier molecular flexibility index (Phi) is 16.8. The molecule has 56 heavy (non-hydrogen) atoms. The van der Waals surface area contributed by atoms with Crippen LogP contribution < -0.4 is 4.74 Å². The highest BCUT2D eigenvalue weighted by atomic mass is 19.1. The standard InChI is InChI=1S/C47H60F2O7/c1-7-20-47(29-50,30-51)21-24-54-44-37(10-8-22-55-45(52)31(2)3)25-40(26-38(44)11-9-23-56-46(53)32(4)5)43-41(48)27-39(28-42(43)49)36-18-16-35(17-19-36)34-14-12-33(6)13-15-34/h16-19,25-28,33-34,50-51H,2,4,7-15,20-24,29-30H2,1,3,5-6H3. The molecule has 0 unspecified atom stereocenters. The number of aryl methyl sites for hydroxylation is 2. The zero-order valence-electron chi connectivity index (χ0n) is 33.7. The van der Waals surface area contributed by atoms with Gasteiger partial charge in [-0.15, -0.1) is 0 Å². The summed E-state index contributed by atoms with van der Waals surface area (Å²) in [5, 5.41) is 20.3. The minimum Gasteiger partial charge on any atom is -0.493 e. The minimum atomic E-state index is -0.731. The van der Waals surface area contributed by atoms with Crippen molar-refractivity contribution in [3.05, 3.63) is 101 Å². The molecule has 4 rings (SSSR count). The first kappa shape index (κ1) is 44.4. The van der Waals surface area contributed by atoms with E-state index >= 15 is 8.78 Å². The highest BCUT2D eigenvalue weighted by Gasteiger charge is 2.28. The fourth-order valence-electron chi connectivity index (χ4n) is 7.50. The number of hydrogen-bond acceptors (Lipinski definition) is 7. The summed E-state index contributed by atoms with van der Waals surface area (Å²) in [5.74, 6) is -0.693.